The molecule has 1 fully saturated rings. The number of para-hydroxylation sites is 1. The summed E-state index contributed by atoms with van der Waals surface area (Å²) in [7, 11) is 0. The van der Waals surface area contributed by atoms with Crippen LogP contribution in [0.5, 0.6) is 0 Å². The molecule has 1 amide bonds. The molecule has 1 saturated heterocycles. The third-order valence-electron chi connectivity index (χ3n) is 3.19. The number of benzene rings is 1. The lowest BCUT2D eigenvalue weighted by molar-refractivity contribution is -0.120. The highest BCUT2D eigenvalue weighted by atomic mass is 32.1. The predicted molar refractivity (Wildman–Crippen MR) is 73.8 cm³/mol. The molecule has 2 N–H and O–H groups in total. The Kier molecular flexibility index (Phi) is 3.25. The summed E-state index contributed by atoms with van der Waals surface area (Å²) in [4.78, 5) is 16.5. The monoisotopic (exact) mass is 261 g/mol. The second-order valence-corrected chi connectivity index (χ2v) is 5.55. The number of fused-ring (bicyclic) bond motifs is 1. The van der Waals surface area contributed by atoms with Crippen molar-refractivity contribution in [2.24, 2.45) is 5.92 Å². The van der Waals surface area contributed by atoms with Crippen LogP contribution in [-0.4, -0.2) is 24.0 Å². The Morgan fingerprint density at radius 1 is 1.44 bits per heavy atom. The van der Waals surface area contributed by atoms with Gasteiger partial charge in [-0.15, -0.1) is 0 Å². The van der Waals surface area contributed by atoms with Crippen molar-refractivity contribution in [3.05, 3.63) is 24.3 Å². The van der Waals surface area contributed by atoms with Crippen LogP contribution in [0.4, 0.5) is 5.13 Å². The quantitative estimate of drug-likeness (QED) is 0.871. The van der Waals surface area contributed by atoms with Gasteiger partial charge in [-0.2, -0.15) is 0 Å². The Morgan fingerprint density at radius 3 is 3.11 bits per heavy atom. The van der Waals surface area contributed by atoms with E-state index < -0.39 is 0 Å². The Morgan fingerprint density at radius 2 is 2.33 bits per heavy atom. The maximum atomic E-state index is 12.1. The molecular formula is C13H15N3OS. The van der Waals surface area contributed by atoms with Gasteiger partial charge in [0.05, 0.1) is 16.1 Å². The van der Waals surface area contributed by atoms with Gasteiger partial charge >= 0.3 is 0 Å². The molecule has 0 aliphatic carbocycles. The van der Waals surface area contributed by atoms with Crippen LogP contribution < -0.4 is 10.6 Å². The van der Waals surface area contributed by atoms with Gasteiger partial charge in [0.1, 0.15) is 0 Å². The van der Waals surface area contributed by atoms with Crippen LogP contribution in [0.15, 0.2) is 24.3 Å². The van der Waals surface area contributed by atoms with Gasteiger partial charge < -0.3 is 10.6 Å². The molecular weight excluding hydrogens is 246 g/mol. The van der Waals surface area contributed by atoms with Crippen LogP contribution in [0, 0.1) is 5.92 Å². The first-order valence-corrected chi connectivity index (χ1v) is 7.02. The highest BCUT2D eigenvalue weighted by molar-refractivity contribution is 7.22. The molecule has 0 unspecified atom stereocenters. The van der Waals surface area contributed by atoms with E-state index in [-0.39, 0.29) is 11.8 Å². The summed E-state index contributed by atoms with van der Waals surface area (Å²) in [6, 6.07) is 7.92. The fraction of sp³-hybridized carbons (Fsp3) is 0.385. The molecule has 5 heteroatoms. The molecule has 0 saturated carbocycles. The molecule has 3 rings (SSSR count). The van der Waals surface area contributed by atoms with Crippen LogP contribution in [0.25, 0.3) is 10.2 Å². The number of nitrogens with zero attached hydrogens (tertiary/aromatic N) is 1. The molecule has 94 valence electrons. The second-order valence-electron chi connectivity index (χ2n) is 4.52. The smallest absolute Gasteiger partial charge is 0.230 e. The standard InChI is InChI=1S/C13H15N3OS/c17-12(9-4-3-7-14-8-9)16-13-15-10-5-1-2-6-11(10)18-13/h1-2,5-6,9,14H,3-4,7-8H2,(H,15,16,17)/t9-/m0/s1. The van der Waals surface area contributed by atoms with E-state index in [4.69, 9.17) is 0 Å². The van der Waals surface area contributed by atoms with Gasteiger partial charge in [0.2, 0.25) is 5.91 Å². The third kappa shape index (κ3) is 2.37. The number of amides is 1. The fourth-order valence-corrected chi connectivity index (χ4v) is 3.08. The van der Waals surface area contributed by atoms with Crippen molar-refractivity contribution < 1.29 is 4.79 Å². The van der Waals surface area contributed by atoms with Crippen LogP contribution >= 0.6 is 11.3 Å². The number of aromatic nitrogens is 1. The summed E-state index contributed by atoms with van der Waals surface area (Å²) in [5.74, 6) is 0.159. The molecule has 0 bridgehead atoms. The molecule has 1 aliphatic heterocycles. The van der Waals surface area contributed by atoms with Gasteiger partial charge in [-0.3, -0.25) is 4.79 Å². The maximum Gasteiger partial charge on any atom is 0.230 e. The number of thiazole rings is 1. The van der Waals surface area contributed by atoms with Crippen LogP contribution in [0.2, 0.25) is 0 Å². The molecule has 0 radical (unpaired) electrons. The largest absolute Gasteiger partial charge is 0.316 e. The van der Waals surface area contributed by atoms with Crippen molar-refractivity contribution in [1.82, 2.24) is 10.3 Å². The number of hydrogen-bond donors (Lipinski definition) is 2. The Balaban J connectivity index is 1.73. The minimum absolute atomic E-state index is 0.0748. The minimum Gasteiger partial charge on any atom is -0.316 e. The average Bonchev–Trinajstić information content (AvgIpc) is 2.82. The number of nitrogens with one attached hydrogen (secondary N) is 2. The summed E-state index contributed by atoms with van der Waals surface area (Å²) in [6.45, 7) is 1.79. The van der Waals surface area contributed by atoms with Crippen molar-refractivity contribution in [2.75, 3.05) is 18.4 Å². The van der Waals surface area contributed by atoms with E-state index >= 15 is 0 Å². The van der Waals surface area contributed by atoms with Crippen LogP contribution in [-0.2, 0) is 4.79 Å². The number of hydrogen-bond acceptors (Lipinski definition) is 4. The summed E-state index contributed by atoms with van der Waals surface area (Å²) in [5, 5.41) is 6.88. The van der Waals surface area contributed by atoms with E-state index in [2.05, 4.69) is 15.6 Å². The predicted octanol–water partition coefficient (Wildman–Crippen LogP) is 2.23. The van der Waals surface area contributed by atoms with E-state index in [0.29, 0.717) is 5.13 Å². The zero-order valence-corrected chi connectivity index (χ0v) is 10.8. The third-order valence-corrected chi connectivity index (χ3v) is 4.14. The summed E-state index contributed by atoms with van der Waals surface area (Å²) >= 11 is 1.53. The number of carbonyl (C=O) groups excluding carboxylic acids is 1. The van der Waals surface area contributed by atoms with Gasteiger partial charge in [0.25, 0.3) is 0 Å². The maximum absolute atomic E-state index is 12.1. The lowest BCUT2D eigenvalue weighted by Gasteiger charge is -2.21. The first-order chi connectivity index (χ1) is 8.83. The number of rotatable bonds is 2. The second kappa shape index (κ2) is 5.04. The zero-order chi connectivity index (χ0) is 12.4. The lowest BCUT2D eigenvalue weighted by Crippen LogP contribution is -2.37. The average molecular weight is 261 g/mol. The van der Waals surface area contributed by atoms with E-state index in [0.717, 1.165) is 36.1 Å². The van der Waals surface area contributed by atoms with Crippen molar-refractivity contribution in [3.63, 3.8) is 0 Å². The summed E-state index contributed by atoms with van der Waals surface area (Å²) in [6.07, 6.45) is 2.03. The normalized spacial score (nSPS) is 19.9. The Bertz CT molecular complexity index is 527. The lowest BCUT2D eigenvalue weighted by atomic mass is 9.99. The van der Waals surface area contributed by atoms with E-state index in [1.165, 1.54) is 11.3 Å². The zero-order valence-electron chi connectivity index (χ0n) is 9.98. The highest BCUT2D eigenvalue weighted by Crippen LogP contribution is 2.26. The van der Waals surface area contributed by atoms with Crippen molar-refractivity contribution in [1.29, 1.82) is 0 Å². The minimum atomic E-state index is 0.0748. The first kappa shape index (κ1) is 11.6. The topological polar surface area (TPSA) is 54.0 Å². The first-order valence-electron chi connectivity index (χ1n) is 6.20. The molecule has 1 aromatic carbocycles. The highest BCUT2D eigenvalue weighted by Gasteiger charge is 2.21. The Hall–Kier alpha value is -1.46. The van der Waals surface area contributed by atoms with Crippen molar-refractivity contribution in [3.8, 4) is 0 Å². The summed E-state index contributed by atoms with van der Waals surface area (Å²) in [5.41, 5.74) is 0.944. The molecule has 2 aromatic rings. The van der Waals surface area contributed by atoms with Gasteiger partial charge in [0.15, 0.2) is 5.13 Å². The molecule has 0 spiro atoms. The molecule has 4 nitrogen and oxygen atoms in total. The van der Waals surface area contributed by atoms with E-state index in [1.807, 2.05) is 24.3 Å². The number of carbonyl (C=O) groups is 1. The molecule has 2 heterocycles. The SMILES string of the molecule is O=C(Nc1nc2ccccc2s1)[C@H]1CCCNC1. The van der Waals surface area contributed by atoms with Crippen LogP contribution in [0.1, 0.15) is 12.8 Å². The molecule has 18 heavy (non-hydrogen) atoms. The van der Waals surface area contributed by atoms with Crippen LogP contribution in [0.3, 0.4) is 0 Å². The van der Waals surface area contributed by atoms with Gasteiger partial charge in [-0.25, -0.2) is 4.98 Å². The van der Waals surface area contributed by atoms with Gasteiger partial charge in [0, 0.05) is 6.54 Å². The van der Waals surface area contributed by atoms with Crippen molar-refractivity contribution >= 4 is 32.6 Å². The van der Waals surface area contributed by atoms with E-state index in [1.54, 1.807) is 0 Å². The van der Waals surface area contributed by atoms with Gasteiger partial charge in [-0.1, -0.05) is 23.5 Å². The number of piperidine rings is 1. The molecule has 1 aromatic heterocycles. The Labute approximate surface area is 109 Å². The molecule has 1 atom stereocenters. The summed E-state index contributed by atoms with van der Waals surface area (Å²) < 4.78 is 1.11. The fourth-order valence-electron chi connectivity index (χ4n) is 2.21. The van der Waals surface area contributed by atoms with Crippen molar-refractivity contribution in [2.45, 2.75) is 12.8 Å². The number of anilines is 1. The van der Waals surface area contributed by atoms with Gasteiger partial charge in [-0.05, 0) is 31.5 Å². The van der Waals surface area contributed by atoms with E-state index in [9.17, 15) is 4.79 Å². The molecule has 1 aliphatic rings.